The average Bonchev–Trinajstić information content (AvgIpc) is 2.61. The normalized spacial score (nSPS) is 16.4. The number of benzene rings is 1. The number of hydrogen-bond acceptors (Lipinski definition) is 3. The summed E-state index contributed by atoms with van der Waals surface area (Å²) in [7, 11) is -2.96. The molecule has 0 spiro atoms. The Labute approximate surface area is 166 Å². The molecule has 0 bridgehead atoms. The van der Waals surface area contributed by atoms with Gasteiger partial charge in [-0.1, -0.05) is 37.8 Å². The van der Waals surface area contributed by atoms with Gasteiger partial charge in [0.05, 0.1) is 16.6 Å². The molecule has 0 aromatic heterocycles. The molecule has 1 aliphatic rings. The molecule has 2 rings (SSSR count). The Morgan fingerprint density at radius 1 is 0.963 bits per heavy atom. The molecule has 0 atom stereocenters. The molecular formula is C23H38O3S. The van der Waals surface area contributed by atoms with E-state index in [1.54, 1.807) is 20.8 Å². The summed E-state index contributed by atoms with van der Waals surface area (Å²) in [6.45, 7) is 5.36. The second-order valence-corrected chi connectivity index (χ2v) is 11.8. The zero-order valence-electron chi connectivity index (χ0n) is 17.5. The summed E-state index contributed by atoms with van der Waals surface area (Å²) in [6, 6.07) is 8.56. The number of sulfone groups is 1. The van der Waals surface area contributed by atoms with E-state index in [9.17, 15) is 8.42 Å². The van der Waals surface area contributed by atoms with E-state index < -0.39 is 14.6 Å². The minimum Gasteiger partial charge on any atom is -0.490 e. The second-order valence-electron chi connectivity index (χ2n) is 8.97. The van der Waals surface area contributed by atoms with Gasteiger partial charge in [-0.05, 0) is 83.4 Å². The van der Waals surface area contributed by atoms with Gasteiger partial charge in [0.15, 0.2) is 9.84 Å². The van der Waals surface area contributed by atoms with Crippen LogP contribution < -0.4 is 4.74 Å². The number of rotatable bonds is 10. The maximum Gasteiger partial charge on any atom is 0.155 e. The van der Waals surface area contributed by atoms with E-state index in [0.29, 0.717) is 11.9 Å². The van der Waals surface area contributed by atoms with Crippen molar-refractivity contribution in [3.63, 3.8) is 0 Å². The monoisotopic (exact) mass is 394 g/mol. The lowest BCUT2D eigenvalue weighted by molar-refractivity contribution is 0.155. The molecule has 4 heteroatoms. The minimum absolute atomic E-state index is 0.317. The first kappa shape index (κ1) is 22.3. The van der Waals surface area contributed by atoms with E-state index in [0.717, 1.165) is 44.3 Å². The third-order valence-corrected chi connectivity index (χ3v) is 8.26. The number of hydrogen-bond donors (Lipinski definition) is 0. The van der Waals surface area contributed by atoms with E-state index in [4.69, 9.17) is 4.74 Å². The van der Waals surface area contributed by atoms with Crippen LogP contribution in [0.1, 0.15) is 90.5 Å². The van der Waals surface area contributed by atoms with E-state index in [1.165, 1.54) is 37.7 Å². The number of ether oxygens (including phenoxy) is 1. The molecule has 0 saturated heterocycles. The first-order chi connectivity index (χ1) is 12.8. The standard InChI is InChI=1S/C23H38O3S/c1-23(2,3)27(24,25)18-11-6-4-5-8-13-20-14-12-17-22(19-20)26-21-15-9-7-10-16-21/h12,14,17,19,21H,4-11,13,15-16,18H2,1-3H3. The van der Waals surface area contributed by atoms with E-state index >= 15 is 0 Å². The lowest BCUT2D eigenvalue weighted by Crippen LogP contribution is -2.30. The van der Waals surface area contributed by atoms with Gasteiger partial charge in [-0.2, -0.15) is 0 Å². The Morgan fingerprint density at radius 2 is 1.63 bits per heavy atom. The SMILES string of the molecule is CC(C)(C)S(=O)(=O)CCCCCCCc1cccc(OC2CCCCC2)c1. The number of aryl methyl sites for hydroxylation is 1. The van der Waals surface area contributed by atoms with Crippen molar-refractivity contribution >= 4 is 9.84 Å². The van der Waals surface area contributed by atoms with Crippen LogP contribution in [0.2, 0.25) is 0 Å². The third kappa shape index (κ3) is 7.85. The fraction of sp³-hybridized carbons (Fsp3) is 0.739. The maximum atomic E-state index is 12.1. The van der Waals surface area contributed by atoms with Crippen LogP contribution in [0.15, 0.2) is 24.3 Å². The summed E-state index contributed by atoms with van der Waals surface area (Å²) in [5, 5.41) is 0. The highest BCUT2D eigenvalue weighted by molar-refractivity contribution is 7.92. The zero-order chi connectivity index (χ0) is 19.8. The highest BCUT2D eigenvalue weighted by Crippen LogP contribution is 2.24. The summed E-state index contributed by atoms with van der Waals surface area (Å²) in [5.41, 5.74) is 1.35. The van der Waals surface area contributed by atoms with Gasteiger partial charge in [0, 0.05) is 0 Å². The molecule has 0 amide bonds. The fourth-order valence-corrected chi connectivity index (χ4v) is 4.80. The Bertz CT molecular complexity index is 652. The molecule has 0 radical (unpaired) electrons. The van der Waals surface area contributed by atoms with Gasteiger partial charge < -0.3 is 4.74 Å². The van der Waals surface area contributed by atoms with Gasteiger partial charge in [0.1, 0.15) is 5.75 Å². The van der Waals surface area contributed by atoms with Crippen LogP contribution >= 0.6 is 0 Å². The van der Waals surface area contributed by atoms with E-state index in [1.807, 2.05) is 0 Å². The Morgan fingerprint density at radius 3 is 2.33 bits per heavy atom. The summed E-state index contributed by atoms with van der Waals surface area (Å²) in [6.07, 6.45) is 13.0. The Balaban J connectivity index is 1.62. The van der Waals surface area contributed by atoms with Crippen molar-refractivity contribution in [2.75, 3.05) is 5.75 Å². The van der Waals surface area contributed by atoms with Crippen molar-refractivity contribution < 1.29 is 13.2 Å². The lowest BCUT2D eigenvalue weighted by atomic mass is 9.98. The van der Waals surface area contributed by atoms with Crippen LogP contribution in [-0.4, -0.2) is 25.0 Å². The highest BCUT2D eigenvalue weighted by Gasteiger charge is 2.27. The molecule has 0 aliphatic heterocycles. The van der Waals surface area contributed by atoms with Crippen molar-refractivity contribution in [2.45, 2.75) is 102 Å². The zero-order valence-corrected chi connectivity index (χ0v) is 18.3. The summed E-state index contributed by atoms with van der Waals surface area (Å²) >= 11 is 0. The molecule has 27 heavy (non-hydrogen) atoms. The van der Waals surface area contributed by atoms with Gasteiger partial charge in [-0.25, -0.2) is 8.42 Å². The van der Waals surface area contributed by atoms with Crippen LogP contribution in [0.25, 0.3) is 0 Å². The molecule has 3 nitrogen and oxygen atoms in total. The second kappa shape index (κ2) is 10.5. The van der Waals surface area contributed by atoms with Gasteiger partial charge >= 0.3 is 0 Å². The van der Waals surface area contributed by atoms with Crippen molar-refractivity contribution in [3.05, 3.63) is 29.8 Å². The van der Waals surface area contributed by atoms with Gasteiger partial charge in [0.2, 0.25) is 0 Å². The van der Waals surface area contributed by atoms with Crippen LogP contribution in [0.5, 0.6) is 5.75 Å². The van der Waals surface area contributed by atoms with Crippen molar-refractivity contribution in [1.29, 1.82) is 0 Å². The maximum absolute atomic E-state index is 12.1. The topological polar surface area (TPSA) is 43.4 Å². The fourth-order valence-electron chi connectivity index (χ4n) is 3.61. The predicted molar refractivity (Wildman–Crippen MR) is 114 cm³/mol. The molecule has 1 saturated carbocycles. The van der Waals surface area contributed by atoms with Crippen LogP contribution in [-0.2, 0) is 16.3 Å². The Hall–Kier alpha value is -1.03. The molecular weight excluding hydrogens is 356 g/mol. The third-order valence-electron chi connectivity index (χ3n) is 5.56. The van der Waals surface area contributed by atoms with Gasteiger partial charge in [-0.15, -0.1) is 0 Å². The van der Waals surface area contributed by atoms with Gasteiger partial charge in [-0.3, -0.25) is 0 Å². The largest absolute Gasteiger partial charge is 0.490 e. The quantitative estimate of drug-likeness (QED) is 0.450. The molecule has 0 N–H and O–H groups in total. The molecule has 1 aromatic carbocycles. The average molecular weight is 395 g/mol. The Kier molecular flexibility index (Phi) is 8.65. The molecule has 0 heterocycles. The van der Waals surface area contributed by atoms with E-state index in [2.05, 4.69) is 24.3 Å². The first-order valence-electron chi connectivity index (χ1n) is 10.8. The van der Waals surface area contributed by atoms with Crippen LogP contribution in [0.3, 0.4) is 0 Å². The summed E-state index contributed by atoms with van der Waals surface area (Å²) in [5.74, 6) is 1.34. The molecule has 1 aromatic rings. The van der Waals surface area contributed by atoms with Crippen LogP contribution in [0, 0.1) is 0 Å². The highest BCUT2D eigenvalue weighted by atomic mass is 32.2. The van der Waals surface area contributed by atoms with Crippen molar-refractivity contribution in [2.24, 2.45) is 0 Å². The van der Waals surface area contributed by atoms with Crippen LogP contribution in [0.4, 0.5) is 0 Å². The first-order valence-corrected chi connectivity index (χ1v) is 12.4. The minimum atomic E-state index is -2.96. The molecule has 1 fully saturated rings. The van der Waals surface area contributed by atoms with E-state index in [-0.39, 0.29) is 0 Å². The van der Waals surface area contributed by atoms with Gasteiger partial charge in [0.25, 0.3) is 0 Å². The molecule has 154 valence electrons. The molecule has 0 unspecified atom stereocenters. The molecule has 1 aliphatic carbocycles. The summed E-state index contributed by atoms with van der Waals surface area (Å²) in [4.78, 5) is 0. The summed E-state index contributed by atoms with van der Waals surface area (Å²) < 4.78 is 29.7. The smallest absolute Gasteiger partial charge is 0.155 e. The predicted octanol–water partition coefficient (Wildman–Crippen LogP) is 6.10. The van der Waals surface area contributed by atoms with Crippen molar-refractivity contribution in [3.8, 4) is 5.75 Å². The lowest BCUT2D eigenvalue weighted by Gasteiger charge is -2.23. The number of unbranched alkanes of at least 4 members (excludes halogenated alkanes) is 4. The van der Waals surface area contributed by atoms with Crippen molar-refractivity contribution in [1.82, 2.24) is 0 Å².